The first-order valence-corrected chi connectivity index (χ1v) is 12.3. The van der Waals surface area contributed by atoms with Crippen molar-refractivity contribution in [3.63, 3.8) is 0 Å². The summed E-state index contributed by atoms with van der Waals surface area (Å²) in [4.78, 5) is 23.2. The van der Waals surface area contributed by atoms with Crippen molar-refractivity contribution in [1.29, 1.82) is 0 Å². The fourth-order valence-corrected chi connectivity index (χ4v) is 4.75. The Balaban J connectivity index is 2.39. The van der Waals surface area contributed by atoms with Gasteiger partial charge >= 0.3 is 5.97 Å². The number of amides is 1. The van der Waals surface area contributed by atoms with Crippen LogP contribution < -0.4 is 10.1 Å². The highest BCUT2D eigenvalue weighted by Crippen LogP contribution is 2.41. The Bertz CT molecular complexity index is 1050. The summed E-state index contributed by atoms with van der Waals surface area (Å²) in [5, 5.41) is 21.8. The first kappa shape index (κ1) is 28.4. The van der Waals surface area contributed by atoms with Gasteiger partial charge in [0.15, 0.2) is 0 Å². The van der Waals surface area contributed by atoms with Gasteiger partial charge in [-0.05, 0) is 73.4 Å². The van der Waals surface area contributed by atoms with Crippen molar-refractivity contribution >= 4 is 11.9 Å². The molecule has 2 aromatic rings. The van der Waals surface area contributed by atoms with Gasteiger partial charge in [-0.1, -0.05) is 58.9 Å². The number of carbonyl (C=O) groups is 2. The second-order valence-electron chi connectivity index (χ2n) is 10.5. The van der Waals surface area contributed by atoms with Crippen LogP contribution in [0, 0.1) is 19.3 Å². The third-order valence-corrected chi connectivity index (χ3v) is 7.00. The first-order chi connectivity index (χ1) is 16.3. The van der Waals surface area contributed by atoms with Gasteiger partial charge in [-0.15, -0.1) is 0 Å². The zero-order valence-corrected chi connectivity index (χ0v) is 22.4. The van der Waals surface area contributed by atoms with Gasteiger partial charge in [0.1, 0.15) is 18.4 Å². The van der Waals surface area contributed by atoms with Crippen LogP contribution in [-0.2, 0) is 10.2 Å². The van der Waals surface area contributed by atoms with E-state index in [0.717, 1.165) is 35.3 Å². The summed E-state index contributed by atoms with van der Waals surface area (Å²) in [7, 11) is 0. The van der Waals surface area contributed by atoms with E-state index in [-0.39, 0.29) is 22.8 Å². The standard InChI is InChI=1S/C29H41NO5/c1-9-29(10-2,21-11-13-23(18(3)15-21)27(34)30-17-25(31)32)22-12-14-24(19(4)16-22)35-20(5)26(33)28(6,7)8/h11-16,20,26,33H,9-10,17H2,1-8H3,(H,30,34)(H,31,32). The minimum Gasteiger partial charge on any atom is -0.488 e. The topological polar surface area (TPSA) is 95.9 Å². The maximum atomic E-state index is 12.4. The fraction of sp³-hybridized carbons (Fsp3) is 0.517. The SMILES string of the molecule is CCC(CC)(c1ccc(OC(C)C(O)C(C)(C)C)c(C)c1)c1ccc(C(=O)NCC(=O)O)c(C)c1. The molecule has 0 aliphatic carbocycles. The summed E-state index contributed by atoms with van der Waals surface area (Å²) in [6.45, 7) is 15.7. The molecule has 0 aliphatic heterocycles. The molecule has 2 atom stereocenters. The quantitative estimate of drug-likeness (QED) is 0.421. The molecule has 2 aromatic carbocycles. The Morgan fingerprint density at radius 1 is 0.971 bits per heavy atom. The monoisotopic (exact) mass is 483 g/mol. The molecule has 0 aliphatic rings. The number of carboxylic acid groups (broad SMARTS) is 1. The molecule has 6 nitrogen and oxygen atoms in total. The number of ether oxygens (including phenoxy) is 1. The van der Waals surface area contributed by atoms with E-state index in [1.54, 1.807) is 6.07 Å². The normalized spacial score (nSPS) is 13.7. The third kappa shape index (κ3) is 6.43. The summed E-state index contributed by atoms with van der Waals surface area (Å²) >= 11 is 0. The van der Waals surface area contributed by atoms with E-state index in [1.165, 1.54) is 5.56 Å². The van der Waals surface area contributed by atoms with Crippen LogP contribution in [0.2, 0.25) is 0 Å². The van der Waals surface area contributed by atoms with Crippen LogP contribution in [-0.4, -0.2) is 40.8 Å². The maximum absolute atomic E-state index is 12.4. The van der Waals surface area contributed by atoms with Crippen molar-refractivity contribution in [2.24, 2.45) is 5.41 Å². The van der Waals surface area contributed by atoms with Crippen LogP contribution >= 0.6 is 0 Å². The van der Waals surface area contributed by atoms with E-state index in [0.29, 0.717) is 5.56 Å². The molecule has 3 N–H and O–H groups in total. The van der Waals surface area contributed by atoms with Crippen molar-refractivity contribution in [2.75, 3.05) is 6.54 Å². The fourth-order valence-electron chi connectivity index (χ4n) is 4.75. The van der Waals surface area contributed by atoms with E-state index in [4.69, 9.17) is 9.84 Å². The Morgan fingerprint density at radius 3 is 1.97 bits per heavy atom. The lowest BCUT2D eigenvalue weighted by Crippen LogP contribution is -2.39. The van der Waals surface area contributed by atoms with Gasteiger partial charge in [-0.2, -0.15) is 0 Å². The van der Waals surface area contributed by atoms with Gasteiger partial charge in [0.05, 0.1) is 6.10 Å². The Morgan fingerprint density at radius 2 is 1.51 bits per heavy atom. The third-order valence-electron chi connectivity index (χ3n) is 7.00. The van der Waals surface area contributed by atoms with E-state index < -0.39 is 18.6 Å². The number of aryl methyl sites for hydroxylation is 2. The number of rotatable bonds is 10. The van der Waals surface area contributed by atoms with Crippen LogP contribution in [0.15, 0.2) is 36.4 Å². The number of carbonyl (C=O) groups excluding carboxylic acids is 1. The lowest BCUT2D eigenvalue weighted by atomic mass is 9.70. The number of aliphatic hydroxyl groups is 1. The summed E-state index contributed by atoms with van der Waals surface area (Å²) in [6, 6.07) is 12.0. The molecule has 0 radical (unpaired) electrons. The van der Waals surface area contributed by atoms with Crippen molar-refractivity contribution in [3.8, 4) is 5.75 Å². The smallest absolute Gasteiger partial charge is 0.322 e. The Labute approximate surface area is 209 Å². The molecule has 0 spiro atoms. The van der Waals surface area contributed by atoms with E-state index >= 15 is 0 Å². The second-order valence-corrected chi connectivity index (χ2v) is 10.5. The molecule has 2 rings (SSSR count). The van der Waals surface area contributed by atoms with Crippen LogP contribution in [0.25, 0.3) is 0 Å². The van der Waals surface area contributed by atoms with Gasteiger partial charge < -0.3 is 20.3 Å². The molecular formula is C29H41NO5. The molecule has 192 valence electrons. The number of hydrogen-bond donors (Lipinski definition) is 3. The van der Waals surface area contributed by atoms with E-state index in [1.807, 2.05) is 59.7 Å². The van der Waals surface area contributed by atoms with E-state index in [2.05, 4.69) is 31.3 Å². The van der Waals surface area contributed by atoms with Gasteiger partial charge in [0, 0.05) is 11.0 Å². The predicted octanol–water partition coefficient (Wildman–Crippen LogP) is 5.40. The lowest BCUT2D eigenvalue weighted by Gasteiger charge is -2.35. The van der Waals surface area contributed by atoms with E-state index in [9.17, 15) is 14.7 Å². The zero-order valence-electron chi connectivity index (χ0n) is 22.4. The van der Waals surface area contributed by atoms with Gasteiger partial charge in [0.25, 0.3) is 5.91 Å². The van der Waals surface area contributed by atoms with Crippen LogP contribution in [0.4, 0.5) is 0 Å². The molecule has 0 saturated heterocycles. The number of nitrogens with one attached hydrogen (secondary N) is 1. The number of aliphatic hydroxyl groups excluding tert-OH is 1. The molecule has 6 heteroatoms. The average Bonchev–Trinajstić information content (AvgIpc) is 2.79. The number of benzene rings is 2. The maximum Gasteiger partial charge on any atom is 0.322 e. The van der Waals surface area contributed by atoms with Crippen molar-refractivity contribution < 1.29 is 24.5 Å². The molecule has 0 aromatic heterocycles. The molecule has 35 heavy (non-hydrogen) atoms. The van der Waals surface area contributed by atoms with Gasteiger partial charge in [-0.25, -0.2) is 0 Å². The van der Waals surface area contributed by atoms with Crippen LogP contribution in [0.3, 0.4) is 0 Å². The number of aliphatic carboxylic acids is 1. The van der Waals surface area contributed by atoms with Gasteiger partial charge in [-0.3, -0.25) is 9.59 Å². The molecule has 0 heterocycles. The molecule has 0 fully saturated rings. The summed E-state index contributed by atoms with van der Waals surface area (Å²) in [5.41, 5.74) is 4.03. The van der Waals surface area contributed by atoms with Crippen molar-refractivity contribution in [2.45, 2.75) is 85.9 Å². The molecular weight excluding hydrogens is 442 g/mol. The Hall–Kier alpha value is -2.86. The van der Waals surface area contributed by atoms with Crippen LogP contribution in [0.5, 0.6) is 5.75 Å². The van der Waals surface area contributed by atoms with Crippen LogP contribution in [0.1, 0.15) is 87.0 Å². The lowest BCUT2D eigenvalue weighted by molar-refractivity contribution is -0.135. The minimum atomic E-state index is -1.08. The molecule has 2 unspecified atom stereocenters. The summed E-state index contributed by atoms with van der Waals surface area (Å²) in [5.74, 6) is -0.708. The average molecular weight is 484 g/mol. The highest BCUT2D eigenvalue weighted by Gasteiger charge is 2.33. The zero-order chi connectivity index (χ0) is 26.6. The largest absolute Gasteiger partial charge is 0.488 e. The highest BCUT2D eigenvalue weighted by molar-refractivity contribution is 5.97. The predicted molar refractivity (Wildman–Crippen MR) is 139 cm³/mol. The first-order valence-electron chi connectivity index (χ1n) is 12.3. The summed E-state index contributed by atoms with van der Waals surface area (Å²) in [6.07, 6.45) is 0.795. The summed E-state index contributed by atoms with van der Waals surface area (Å²) < 4.78 is 6.14. The second kappa shape index (κ2) is 11.3. The van der Waals surface area contributed by atoms with Gasteiger partial charge in [0.2, 0.25) is 0 Å². The minimum absolute atomic E-state index is 0.249. The van der Waals surface area contributed by atoms with Crippen molar-refractivity contribution in [1.82, 2.24) is 5.32 Å². The number of hydrogen-bond acceptors (Lipinski definition) is 4. The molecule has 0 bridgehead atoms. The number of carboxylic acids is 1. The highest BCUT2D eigenvalue weighted by atomic mass is 16.5. The van der Waals surface area contributed by atoms with Crippen molar-refractivity contribution in [3.05, 3.63) is 64.2 Å². The molecule has 1 amide bonds. The Kier molecular flexibility index (Phi) is 9.12. The molecule has 0 saturated carbocycles.